The van der Waals surface area contributed by atoms with Crippen molar-refractivity contribution in [2.24, 2.45) is 0 Å². The van der Waals surface area contributed by atoms with Crippen LogP contribution in [0.2, 0.25) is 0 Å². The topological polar surface area (TPSA) is 53.4 Å². The molecule has 192 valence electrons. The summed E-state index contributed by atoms with van der Waals surface area (Å²) in [5, 5.41) is 21.4. The van der Waals surface area contributed by atoms with Gasteiger partial charge in [-0.2, -0.15) is 0 Å². The zero-order valence-electron chi connectivity index (χ0n) is 22.0. The van der Waals surface area contributed by atoms with E-state index < -0.39 is 0 Å². The van der Waals surface area contributed by atoms with Crippen LogP contribution >= 0.6 is 0 Å². The van der Waals surface area contributed by atoms with Gasteiger partial charge in [0.15, 0.2) is 0 Å². The quantitative estimate of drug-likeness (QED) is 0.294. The molecule has 0 amide bonds. The third-order valence-electron chi connectivity index (χ3n) is 6.65. The van der Waals surface area contributed by atoms with Gasteiger partial charge in [0, 0.05) is 52.4 Å². The molecule has 0 radical (unpaired) electrons. The van der Waals surface area contributed by atoms with Gasteiger partial charge in [-0.3, -0.25) is 9.80 Å². The summed E-state index contributed by atoms with van der Waals surface area (Å²) in [6.07, 6.45) is 9.15. The minimum atomic E-state index is -0.272. The molecular formula is C26H56N4O2. The average Bonchev–Trinajstić information content (AvgIpc) is 2.78. The molecule has 0 unspecified atom stereocenters. The van der Waals surface area contributed by atoms with Gasteiger partial charge in [-0.15, -0.1) is 0 Å². The van der Waals surface area contributed by atoms with Gasteiger partial charge in [-0.25, -0.2) is 0 Å². The molecular weight excluding hydrogens is 400 g/mol. The number of unbranched alkanes of at least 4 members (excludes halogenated alkanes) is 4. The number of nitrogens with zero attached hydrogens (tertiary/aromatic N) is 4. The summed E-state index contributed by atoms with van der Waals surface area (Å²) >= 11 is 0. The van der Waals surface area contributed by atoms with Gasteiger partial charge in [-0.05, 0) is 51.9 Å². The van der Waals surface area contributed by atoms with Crippen molar-refractivity contribution in [2.75, 3.05) is 78.5 Å². The number of aliphatic hydroxyl groups is 2. The highest BCUT2D eigenvalue weighted by atomic mass is 16.3. The van der Waals surface area contributed by atoms with Crippen LogP contribution in [0.4, 0.5) is 0 Å². The molecule has 0 bridgehead atoms. The van der Waals surface area contributed by atoms with Crippen molar-refractivity contribution in [1.29, 1.82) is 0 Å². The fourth-order valence-corrected chi connectivity index (χ4v) is 4.58. The first-order chi connectivity index (χ1) is 15.5. The third-order valence-corrected chi connectivity index (χ3v) is 6.65. The summed E-state index contributed by atoms with van der Waals surface area (Å²) in [7, 11) is 0. The molecule has 1 saturated heterocycles. The predicted molar refractivity (Wildman–Crippen MR) is 137 cm³/mol. The zero-order chi connectivity index (χ0) is 23.6. The monoisotopic (exact) mass is 456 g/mol. The molecule has 1 fully saturated rings. The molecule has 2 N–H and O–H groups in total. The Labute approximate surface area is 199 Å². The Balaban J connectivity index is 2.32. The Morgan fingerprint density at radius 2 is 0.844 bits per heavy atom. The van der Waals surface area contributed by atoms with E-state index in [-0.39, 0.29) is 12.2 Å². The van der Waals surface area contributed by atoms with Crippen molar-refractivity contribution in [3.63, 3.8) is 0 Å². The number of hydrogen-bond acceptors (Lipinski definition) is 6. The fraction of sp³-hybridized carbons (Fsp3) is 1.00. The number of hydrogen-bond donors (Lipinski definition) is 2. The minimum Gasteiger partial charge on any atom is -0.390 e. The fourth-order valence-electron chi connectivity index (χ4n) is 4.58. The lowest BCUT2D eigenvalue weighted by Gasteiger charge is -2.37. The first kappa shape index (κ1) is 29.8. The third kappa shape index (κ3) is 14.1. The van der Waals surface area contributed by atoms with E-state index in [4.69, 9.17) is 0 Å². The molecule has 1 rings (SSSR count). The molecule has 0 aromatic carbocycles. The number of rotatable bonds is 20. The van der Waals surface area contributed by atoms with E-state index in [1.165, 1.54) is 51.4 Å². The van der Waals surface area contributed by atoms with Crippen LogP contribution in [-0.2, 0) is 0 Å². The van der Waals surface area contributed by atoms with Crippen LogP contribution in [0.3, 0.4) is 0 Å². The molecule has 0 aromatic heterocycles. The molecule has 6 heteroatoms. The van der Waals surface area contributed by atoms with E-state index in [2.05, 4.69) is 47.3 Å². The Bertz CT molecular complexity index is 365. The van der Waals surface area contributed by atoms with Crippen LogP contribution in [0.1, 0.15) is 79.1 Å². The second-order valence-corrected chi connectivity index (χ2v) is 9.92. The normalized spacial score (nSPS) is 18.0. The first-order valence-corrected chi connectivity index (χ1v) is 13.8. The molecule has 0 aromatic rings. The second kappa shape index (κ2) is 19.1. The second-order valence-electron chi connectivity index (χ2n) is 9.92. The highest BCUT2D eigenvalue weighted by Crippen LogP contribution is 2.08. The van der Waals surface area contributed by atoms with Crippen molar-refractivity contribution < 1.29 is 10.2 Å². The summed E-state index contributed by atoms with van der Waals surface area (Å²) in [6.45, 7) is 20.4. The maximum Gasteiger partial charge on any atom is 0.0793 e. The number of β-amino-alcohol motifs (C(OH)–C–C–N with tert-alkyl or cyclic N) is 2. The van der Waals surface area contributed by atoms with E-state index in [1.807, 2.05) is 0 Å². The lowest BCUT2D eigenvalue weighted by molar-refractivity contribution is 0.0279. The maximum atomic E-state index is 10.7. The smallest absolute Gasteiger partial charge is 0.0793 e. The minimum absolute atomic E-state index is 0.272. The van der Waals surface area contributed by atoms with E-state index >= 15 is 0 Å². The summed E-state index contributed by atoms with van der Waals surface area (Å²) in [5.41, 5.74) is 0. The Morgan fingerprint density at radius 1 is 0.562 bits per heavy atom. The van der Waals surface area contributed by atoms with Crippen molar-refractivity contribution in [2.45, 2.75) is 91.3 Å². The van der Waals surface area contributed by atoms with E-state index in [9.17, 15) is 10.2 Å². The highest BCUT2D eigenvalue weighted by molar-refractivity contribution is 4.78. The van der Waals surface area contributed by atoms with Gasteiger partial charge in [0.25, 0.3) is 0 Å². The summed E-state index contributed by atoms with van der Waals surface area (Å²) in [6, 6.07) is 0. The standard InChI is InChI=1S/C26H56N4O2/c1-5-9-13-27(14-10-6-2)21-25(31)23-29-17-19-30(20-18-29)24-26(32)22-28(15-11-7-3)16-12-8-4/h25-26,31-32H,5-24H2,1-4H3/t25-,26-/m0/s1. The summed E-state index contributed by atoms with van der Waals surface area (Å²) in [4.78, 5) is 9.71. The van der Waals surface area contributed by atoms with E-state index in [1.54, 1.807) is 0 Å². The van der Waals surface area contributed by atoms with Crippen LogP contribution in [0.15, 0.2) is 0 Å². The largest absolute Gasteiger partial charge is 0.390 e. The molecule has 0 aliphatic carbocycles. The Hall–Kier alpha value is -0.240. The van der Waals surface area contributed by atoms with Gasteiger partial charge in [0.2, 0.25) is 0 Å². The van der Waals surface area contributed by atoms with Crippen LogP contribution < -0.4 is 0 Å². The molecule has 6 nitrogen and oxygen atoms in total. The van der Waals surface area contributed by atoms with Crippen LogP contribution in [-0.4, -0.2) is 121 Å². The number of aliphatic hydroxyl groups excluding tert-OH is 2. The Kier molecular flexibility index (Phi) is 17.8. The van der Waals surface area contributed by atoms with Crippen LogP contribution in [0.5, 0.6) is 0 Å². The predicted octanol–water partition coefficient (Wildman–Crippen LogP) is 3.13. The van der Waals surface area contributed by atoms with Crippen LogP contribution in [0.25, 0.3) is 0 Å². The molecule has 1 aliphatic heterocycles. The lowest BCUT2D eigenvalue weighted by Crippen LogP contribution is -2.52. The summed E-state index contributed by atoms with van der Waals surface area (Å²) < 4.78 is 0. The molecule has 0 saturated carbocycles. The molecule has 1 aliphatic rings. The van der Waals surface area contributed by atoms with Crippen molar-refractivity contribution in [1.82, 2.24) is 19.6 Å². The molecule has 2 atom stereocenters. The lowest BCUT2D eigenvalue weighted by atomic mass is 10.2. The molecule has 32 heavy (non-hydrogen) atoms. The van der Waals surface area contributed by atoms with Crippen LogP contribution in [0, 0.1) is 0 Å². The van der Waals surface area contributed by atoms with Gasteiger partial charge in [-0.1, -0.05) is 53.4 Å². The van der Waals surface area contributed by atoms with Gasteiger partial charge in [0.05, 0.1) is 12.2 Å². The maximum absolute atomic E-state index is 10.7. The van der Waals surface area contributed by atoms with E-state index in [0.29, 0.717) is 0 Å². The number of piperazine rings is 1. The van der Waals surface area contributed by atoms with Crippen molar-refractivity contribution in [3.8, 4) is 0 Å². The van der Waals surface area contributed by atoms with Gasteiger partial charge in [0.1, 0.15) is 0 Å². The molecule has 0 spiro atoms. The SMILES string of the molecule is CCCCN(CCCC)C[C@H](O)CN1CCN(C[C@@H](O)CN(CCCC)CCCC)CC1. The Morgan fingerprint density at radius 3 is 1.09 bits per heavy atom. The molecule has 1 heterocycles. The summed E-state index contributed by atoms with van der Waals surface area (Å²) in [5.74, 6) is 0. The van der Waals surface area contributed by atoms with E-state index in [0.717, 1.165) is 78.5 Å². The highest BCUT2D eigenvalue weighted by Gasteiger charge is 2.22. The average molecular weight is 457 g/mol. The van der Waals surface area contributed by atoms with Crippen molar-refractivity contribution in [3.05, 3.63) is 0 Å². The van der Waals surface area contributed by atoms with Gasteiger partial charge >= 0.3 is 0 Å². The van der Waals surface area contributed by atoms with Crippen molar-refractivity contribution >= 4 is 0 Å². The first-order valence-electron chi connectivity index (χ1n) is 13.8. The van der Waals surface area contributed by atoms with Gasteiger partial charge < -0.3 is 20.0 Å². The zero-order valence-corrected chi connectivity index (χ0v) is 22.0.